The monoisotopic (exact) mass is 287 g/mol. The molecular formula is C15H17N3OS. The second-order valence-corrected chi connectivity index (χ2v) is 5.94. The Bertz CT molecular complexity index is 619. The van der Waals surface area contributed by atoms with Crippen molar-refractivity contribution in [3.8, 4) is 0 Å². The second-order valence-electron chi connectivity index (χ2n) is 4.56. The predicted molar refractivity (Wildman–Crippen MR) is 83.7 cm³/mol. The van der Waals surface area contributed by atoms with Gasteiger partial charge in [-0.25, -0.2) is 0 Å². The van der Waals surface area contributed by atoms with Crippen LogP contribution in [0.25, 0.3) is 0 Å². The Morgan fingerprint density at radius 3 is 1.70 bits per heavy atom. The number of anilines is 1. The van der Waals surface area contributed by atoms with E-state index in [1.54, 1.807) is 18.4 Å². The first kappa shape index (κ1) is 14.4. The molecule has 0 saturated heterocycles. The highest BCUT2D eigenvalue weighted by atomic mass is 32.2. The highest BCUT2D eigenvalue weighted by molar-refractivity contribution is 7.84. The van der Waals surface area contributed by atoms with Gasteiger partial charge < -0.3 is 4.90 Å². The fourth-order valence-corrected chi connectivity index (χ4v) is 2.16. The van der Waals surface area contributed by atoms with Gasteiger partial charge in [0.2, 0.25) is 0 Å². The summed E-state index contributed by atoms with van der Waals surface area (Å²) in [6.45, 7) is 0. The molecule has 2 rings (SSSR count). The van der Waals surface area contributed by atoms with E-state index < -0.39 is 10.8 Å². The quantitative estimate of drug-likeness (QED) is 0.800. The molecule has 0 radical (unpaired) electrons. The zero-order valence-electron chi connectivity index (χ0n) is 11.8. The highest BCUT2D eigenvalue weighted by Crippen LogP contribution is 2.21. The van der Waals surface area contributed by atoms with Gasteiger partial charge in [-0.15, -0.1) is 0 Å². The summed E-state index contributed by atoms with van der Waals surface area (Å²) in [7, 11) is 3.03. The van der Waals surface area contributed by atoms with Crippen molar-refractivity contribution in [2.75, 3.05) is 25.3 Å². The average molecular weight is 287 g/mol. The third-order valence-electron chi connectivity index (χ3n) is 2.82. The Morgan fingerprint density at radius 1 is 0.850 bits per heavy atom. The van der Waals surface area contributed by atoms with Crippen molar-refractivity contribution in [2.24, 2.45) is 10.2 Å². The number of hydrogen-bond acceptors (Lipinski definition) is 4. The van der Waals surface area contributed by atoms with Gasteiger partial charge in [0, 0.05) is 41.7 Å². The van der Waals surface area contributed by atoms with Crippen LogP contribution in [0.5, 0.6) is 0 Å². The van der Waals surface area contributed by atoms with Crippen LogP contribution in [0.3, 0.4) is 0 Å². The molecule has 5 heteroatoms. The molecule has 2 aromatic carbocycles. The van der Waals surface area contributed by atoms with Crippen LogP contribution in [0, 0.1) is 0 Å². The number of nitrogens with zero attached hydrogens (tertiary/aromatic N) is 3. The Balaban J connectivity index is 2.10. The molecule has 0 bridgehead atoms. The van der Waals surface area contributed by atoms with Crippen molar-refractivity contribution in [1.82, 2.24) is 0 Å². The van der Waals surface area contributed by atoms with Crippen LogP contribution in [-0.2, 0) is 10.8 Å². The number of benzene rings is 2. The first-order valence-corrected chi connectivity index (χ1v) is 7.75. The Hall–Kier alpha value is -2.01. The molecule has 0 spiro atoms. The van der Waals surface area contributed by atoms with E-state index in [1.807, 2.05) is 55.4 Å². The molecule has 0 heterocycles. The lowest BCUT2D eigenvalue weighted by molar-refractivity contribution is 0.687. The van der Waals surface area contributed by atoms with Gasteiger partial charge in [0.05, 0.1) is 11.4 Å². The van der Waals surface area contributed by atoms with Crippen molar-refractivity contribution < 1.29 is 4.21 Å². The maximum Gasteiger partial charge on any atom is 0.0858 e. The van der Waals surface area contributed by atoms with Gasteiger partial charge in [-0.2, -0.15) is 10.2 Å². The van der Waals surface area contributed by atoms with Crippen LogP contribution in [0.4, 0.5) is 17.1 Å². The average Bonchev–Trinajstić information content (AvgIpc) is 2.46. The lowest BCUT2D eigenvalue weighted by Gasteiger charge is -2.11. The molecule has 4 nitrogen and oxygen atoms in total. The molecule has 20 heavy (non-hydrogen) atoms. The van der Waals surface area contributed by atoms with Gasteiger partial charge in [-0.1, -0.05) is 0 Å². The Kier molecular flexibility index (Phi) is 4.63. The second kappa shape index (κ2) is 6.43. The van der Waals surface area contributed by atoms with Gasteiger partial charge in [-0.3, -0.25) is 4.21 Å². The summed E-state index contributed by atoms with van der Waals surface area (Å²) in [6.07, 6.45) is 1.66. The van der Waals surface area contributed by atoms with E-state index in [-0.39, 0.29) is 0 Å². The topological polar surface area (TPSA) is 45.0 Å². The van der Waals surface area contributed by atoms with Gasteiger partial charge in [0.1, 0.15) is 0 Å². The molecule has 1 unspecified atom stereocenters. The predicted octanol–water partition coefficient (Wildman–Crippen LogP) is 3.91. The van der Waals surface area contributed by atoms with Crippen LogP contribution in [0.1, 0.15) is 0 Å². The van der Waals surface area contributed by atoms with Crippen molar-refractivity contribution in [2.45, 2.75) is 4.90 Å². The summed E-state index contributed by atoms with van der Waals surface area (Å²) in [5.74, 6) is 0. The summed E-state index contributed by atoms with van der Waals surface area (Å²) in [4.78, 5) is 2.82. The van der Waals surface area contributed by atoms with Gasteiger partial charge in [0.25, 0.3) is 0 Å². The first-order valence-electron chi connectivity index (χ1n) is 6.19. The molecule has 2 aromatic rings. The molecule has 0 aromatic heterocycles. The molecule has 1 atom stereocenters. The molecule has 0 saturated carbocycles. The molecular weight excluding hydrogens is 270 g/mol. The highest BCUT2D eigenvalue weighted by Gasteiger charge is 1.97. The summed E-state index contributed by atoms with van der Waals surface area (Å²) in [6, 6.07) is 15.1. The Labute approximate surface area is 121 Å². The van der Waals surface area contributed by atoms with Crippen LogP contribution >= 0.6 is 0 Å². The smallest absolute Gasteiger partial charge is 0.0858 e. The summed E-state index contributed by atoms with van der Waals surface area (Å²) < 4.78 is 11.3. The van der Waals surface area contributed by atoms with Gasteiger partial charge >= 0.3 is 0 Å². The van der Waals surface area contributed by atoms with E-state index in [0.29, 0.717) is 0 Å². The number of rotatable bonds is 4. The van der Waals surface area contributed by atoms with Crippen LogP contribution in [-0.4, -0.2) is 24.6 Å². The molecule has 0 aliphatic rings. The first-order chi connectivity index (χ1) is 9.56. The molecule has 0 N–H and O–H groups in total. The summed E-state index contributed by atoms with van der Waals surface area (Å²) >= 11 is 0. The summed E-state index contributed by atoms with van der Waals surface area (Å²) in [5.41, 5.74) is 2.67. The summed E-state index contributed by atoms with van der Waals surface area (Å²) in [5, 5.41) is 8.35. The van der Waals surface area contributed by atoms with Crippen molar-refractivity contribution in [1.29, 1.82) is 0 Å². The minimum atomic E-state index is -0.961. The SMILES string of the molecule is CN(C)c1ccc(N=Nc2ccc(S(C)=O)cc2)cc1. The lowest BCUT2D eigenvalue weighted by atomic mass is 10.3. The zero-order valence-corrected chi connectivity index (χ0v) is 12.6. The van der Waals surface area contributed by atoms with E-state index in [1.165, 1.54) is 0 Å². The van der Waals surface area contributed by atoms with E-state index in [0.717, 1.165) is 22.0 Å². The third-order valence-corrected chi connectivity index (χ3v) is 3.75. The molecule has 104 valence electrons. The van der Waals surface area contributed by atoms with Gasteiger partial charge in [-0.05, 0) is 48.5 Å². The van der Waals surface area contributed by atoms with Crippen molar-refractivity contribution in [3.05, 3.63) is 48.5 Å². The van der Waals surface area contributed by atoms with Crippen molar-refractivity contribution >= 4 is 27.9 Å². The fraction of sp³-hybridized carbons (Fsp3) is 0.200. The maximum atomic E-state index is 11.3. The van der Waals surface area contributed by atoms with Gasteiger partial charge in [0.15, 0.2) is 0 Å². The van der Waals surface area contributed by atoms with E-state index in [9.17, 15) is 4.21 Å². The van der Waals surface area contributed by atoms with Crippen LogP contribution in [0.2, 0.25) is 0 Å². The van der Waals surface area contributed by atoms with Crippen LogP contribution < -0.4 is 4.90 Å². The fourth-order valence-electron chi connectivity index (χ4n) is 1.64. The standard InChI is InChI=1S/C15H17N3OS/c1-18(2)14-8-4-12(5-9-14)16-17-13-6-10-15(11-7-13)20(3)19/h4-11H,1-3H3. The minimum absolute atomic E-state index is 0.746. The number of azo groups is 1. The molecule has 0 amide bonds. The maximum absolute atomic E-state index is 11.3. The van der Waals surface area contributed by atoms with Crippen LogP contribution in [0.15, 0.2) is 63.7 Å². The molecule has 0 aliphatic heterocycles. The number of hydrogen-bond donors (Lipinski definition) is 0. The van der Waals surface area contributed by atoms with E-state index >= 15 is 0 Å². The third kappa shape index (κ3) is 3.74. The van der Waals surface area contributed by atoms with E-state index in [4.69, 9.17) is 0 Å². The molecule has 0 aliphatic carbocycles. The Morgan fingerprint density at radius 2 is 1.30 bits per heavy atom. The minimum Gasteiger partial charge on any atom is -0.378 e. The van der Waals surface area contributed by atoms with Crippen molar-refractivity contribution in [3.63, 3.8) is 0 Å². The zero-order chi connectivity index (χ0) is 14.5. The lowest BCUT2D eigenvalue weighted by Crippen LogP contribution is -2.07. The normalized spacial score (nSPS) is 12.6. The largest absolute Gasteiger partial charge is 0.378 e. The van der Waals surface area contributed by atoms with E-state index in [2.05, 4.69) is 10.2 Å². The molecule has 0 fully saturated rings.